The van der Waals surface area contributed by atoms with Crippen LogP contribution in [-0.4, -0.2) is 44.3 Å². The van der Waals surface area contributed by atoms with Crippen LogP contribution in [0.5, 0.6) is 5.75 Å². The molecule has 37 heavy (non-hydrogen) atoms. The predicted molar refractivity (Wildman–Crippen MR) is 139 cm³/mol. The van der Waals surface area contributed by atoms with Gasteiger partial charge in [0.1, 0.15) is 17.6 Å². The molecule has 0 aliphatic rings. The van der Waals surface area contributed by atoms with Crippen molar-refractivity contribution in [3.05, 3.63) is 90.2 Å². The van der Waals surface area contributed by atoms with Crippen LogP contribution in [0.1, 0.15) is 25.8 Å². The van der Waals surface area contributed by atoms with Crippen LogP contribution < -0.4 is 14.8 Å². The fraction of sp³-hybridized carbons (Fsp3) is 0.259. The van der Waals surface area contributed by atoms with E-state index in [0.29, 0.717) is 6.54 Å². The highest BCUT2D eigenvalue weighted by molar-refractivity contribution is 7.92. The molecule has 0 saturated carbocycles. The fourth-order valence-corrected chi connectivity index (χ4v) is 4.49. The molecule has 2 amide bonds. The summed E-state index contributed by atoms with van der Waals surface area (Å²) >= 11 is 0. The van der Waals surface area contributed by atoms with Crippen molar-refractivity contribution in [1.82, 2.24) is 10.2 Å². The molecular weight excluding hydrogens is 497 g/mol. The van der Waals surface area contributed by atoms with E-state index >= 15 is 0 Å². The second kappa shape index (κ2) is 12.9. The van der Waals surface area contributed by atoms with Gasteiger partial charge < -0.3 is 15.0 Å². The van der Waals surface area contributed by atoms with E-state index in [-0.39, 0.29) is 35.4 Å². The highest BCUT2D eigenvalue weighted by Crippen LogP contribution is 2.20. The molecule has 0 aromatic heterocycles. The van der Waals surface area contributed by atoms with E-state index in [1.807, 2.05) is 37.3 Å². The van der Waals surface area contributed by atoms with Gasteiger partial charge in [0, 0.05) is 18.8 Å². The van der Waals surface area contributed by atoms with Crippen LogP contribution in [-0.2, 0) is 26.2 Å². The van der Waals surface area contributed by atoms with Gasteiger partial charge in [-0.05, 0) is 67.4 Å². The maximum atomic E-state index is 13.1. The fourth-order valence-electron chi connectivity index (χ4n) is 3.43. The number of hydrogen-bond acceptors (Lipinski definition) is 5. The zero-order valence-corrected chi connectivity index (χ0v) is 21.5. The Morgan fingerprint density at radius 3 is 2.24 bits per heavy atom. The van der Waals surface area contributed by atoms with E-state index in [9.17, 15) is 22.4 Å². The highest BCUT2D eigenvalue weighted by Gasteiger charge is 2.26. The molecule has 1 atom stereocenters. The average Bonchev–Trinajstić information content (AvgIpc) is 2.90. The minimum atomic E-state index is -3.90. The molecule has 8 nitrogen and oxygen atoms in total. The highest BCUT2D eigenvalue weighted by atomic mass is 32.2. The second-order valence-corrected chi connectivity index (χ2v) is 10.0. The van der Waals surface area contributed by atoms with Gasteiger partial charge in [0.2, 0.25) is 5.91 Å². The first-order valence-corrected chi connectivity index (χ1v) is 13.3. The first kappa shape index (κ1) is 27.7. The molecule has 0 heterocycles. The van der Waals surface area contributed by atoms with Crippen LogP contribution in [0.25, 0.3) is 0 Å². The van der Waals surface area contributed by atoms with Gasteiger partial charge in [-0.2, -0.15) is 0 Å². The first-order chi connectivity index (χ1) is 17.7. The molecule has 0 aliphatic carbocycles. The lowest BCUT2D eigenvalue weighted by Crippen LogP contribution is -2.49. The Morgan fingerprint density at radius 2 is 1.62 bits per heavy atom. The molecule has 10 heteroatoms. The van der Waals surface area contributed by atoms with Crippen molar-refractivity contribution in [2.75, 3.05) is 17.9 Å². The zero-order chi connectivity index (χ0) is 26.8. The lowest BCUT2D eigenvalue weighted by Gasteiger charge is -2.28. The summed E-state index contributed by atoms with van der Waals surface area (Å²) in [5.41, 5.74) is 1.09. The number of halogens is 1. The predicted octanol–water partition coefficient (Wildman–Crippen LogP) is 3.95. The number of hydrogen-bond donors (Lipinski definition) is 2. The lowest BCUT2D eigenvalue weighted by atomic mass is 10.1. The Labute approximate surface area is 216 Å². The summed E-state index contributed by atoms with van der Waals surface area (Å²) < 4.78 is 46.3. The normalized spacial score (nSPS) is 11.9. The van der Waals surface area contributed by atoms with Crippen molar-refractivity contribution in [2.45, 2.75) is 37.8 Å². The number of carbonyl (C=O) groups excluding carboxylic acids is 2. The summed E-state index contributed by atoms with van der Waals surface area (Å²) in [7, 11) is -3.90. The van der Waals surface area contributed by atoms with Gasteiger partial charge in [0.15, 0.2) is 6.61 Å². The van der Waals surface area contributed by atoms with Crippen molar-refractivity contribution >= 4 is 27.5 Å². The molecule has 0 radical (unpaired) electrons. The minimum absolute atomic E-state index is 0.0255. The summed E-state index contributed by atoms with van der Waals surface area (Å²) in [5, 5.41) is 2.81. The van der Waals surface area contributed by atoms with Crippen molar-refractivity contribution in [3.8, 4) is 5.75 Å². The number of benzene rings is 3. The number of amides is 2. The topological polar surface area (TPSA) is 105 Å². The number of ether oxygens (including phenoxy) is 1. The zero-order valence-electron chi connectivity index (χ0n) is 20.7. The smallest absolute Gasteiger partial charge is 0.261 e. The maximum Gasteiger partial charge on any atom is 0.261 e. The van der Waals surface area contributed by atoms with Crippen molar-refractivity contribution < 1.29 is 27.1 Å². The number of anilines is 1. The third-order valence-corrected chi connectivity index (χ3v) is 6.90. The van der Waals surface area contributed by atoms with Crippen LogP contribution in [0.4, 0.5) is 10.1 Å². The molecular formula is C27H30FN3O5S. The minimum Gasteiger partial charge on any atom is -0.484 e. The summed E-state index contributed by atoms with van der Waals surface area (Å²) in [4.78, 5) is 27.1. The Bertz CT molecular complexity index is 1280. The Morgan fingerprint density at radius 1 is 0.973 bits per heavy atom. The van der Waals surface area contributed by atoms with E-state index in [0.717, 1.165) is 24.1 Å². The molecule has 0 saturated heterocycles. The standard InChI is InChI=1S/C27H30FN3O5S/c1-3-17-29-27(33)20(2)31(18-21-7-5-4-6-8-21)26(32)19-36-24-13-15-25(16-14-24)37(34,35)30-23-11-9-22(28)10-12-23/h4-16,20,30H,3,17-19H2,1-2H3,(H,29,33)/t20-/m0/s1. The van der Waals surface area contributed by atoms with Gasteiger partial charge in [0.25, 0.3) is 15.9 Å². The van der Waals surface area contributed by atoms with Gasteiger partial charge in [-0.25, -0.2) is 12.8 Å². The first-order valence-electron chi connectivity index (χ1n) is 11.8. The van der Waals surface area contributed by atoms with Gasteiger partial charge >= 0.3 is 0 Å². The Kier molecular flexibility index (Phi) is 9.62. The van der Waals surface area contributed by atoms with Crippen LogP contribution in [0.2, 0.25) is 0 Å². The molecule has 0 spiro atoms. The number of nitrogens with zero attached hydrogens (tertiary/aromatic N) is 1. The van der Waals surface area contributed by atoms with Crippen LogP contribution in [0, 0.1) is 5.82 Å². The molecule has 0 aliphatic heterocycles. The molecule has 0 fully saturated rings. The number of rotatable bonds is 12. The molecule has 2 N–H and O–H groups in total. The SMILES string of the molecule is CCCNC(=O)[C@H](C)N(Cc1ccccc1)C(=O)COc1ccc(S(=O)(=O)Nc2ccc(F)cc2)cc1. The molecule has 0 unspecified atom stereocenters. The molecule has 3 aromatic rings. The molecule has 0 bridgehead atoms. The Hall–Kier alpha value is -3.92. The number of nitrogens with one attached hydrogen (secondary N) is 2. The van der Waals surface area contributed by atoms with Crippen LogP contribution in [0.3, 0.4) is 0 Å². The maximum absolute atomic E-state index is 13.1. The average molecular weight is 528 g/mol. The van der Waals surface area contributed by atoms with E-state index < -0.39 is 27.8 Å². The lowest BCUT2D eigenvalue weighted by molar-refractivity contribution is -0.142. The monoisotopic (exact) mass is 527 g/mol. The number of carbonyl (C=O) groups is 2. The van der Waals surface area contributed by atoms with Gasteiger partial charge in [-0.15, -0.1) is 0 Å². The molecule has 3 aromatic carbocycles. The van der Waals surface area contributed by atoms with Crippen LogP contribution >= 0.6 is 0 Å². The summed E-state index contributed by atoms with van der Waals surface area (Å²) in [5.74, 6) is -0.832. The van der Waals surface area contributed by atoms with E-state index in [1.54, 1.807) is 6.92 Å². The number of sulfonamides is 1. The van der Waals surface area contributed by atoms with E-state index in [1.165, 1.54) is 41.3 Å². The van der Waals surface area contributed by atoms with Gasteiger partial charge in [-0.1, -0.05) is 37.3 Å². The van der Waals surface area contributed by atoms with Gasteiger partial charge in [0.05, 0.1) is 4.90 Å². The van der Waals surface area contributed by atoms with Crippen LogP contribution in [0.15, 0.2) is 83.8 Å². The largest absolute Gasteiger partial charge is 0.484 e. The summed E-state index contributed by atoms with van der Waals surface area (Å²) in [6, 6.07) is 19.1. The van der Waals surface area contributed by atoms with Crippen molar-refractivity contribution in [1.29, 1.82) is 0 Å². The van der Waals surface area contributed by atoms with E-state index in [4.69, 9.17) is 4.74 Å². The van der Waals surface area contributed by atoms with E-state index in [2.05, 4.69) is 10.0 Å². The summed E-state index contributed by atoms with van der Waals surface area (Å²) in [6.45, 7) is 4.02. The third kappa shape index (κ3) is 8.04. The Balaban J connectivity index is 1.66. The van der Waals surface area contributed by atoms with Crippen molar-refractivity contribution in [3.63, 3.8) is 0 Å². The summed E-state index contributed by atoms with van der Waals surface area (Å²) in [6.07, 6.45) is 0.777. The molecule has 3 rings (SSSR count). The molecule has 196 valence electrons. The quantitative estimate of drug-likeness (QED) is 0.371. The second-order valence-electron chi connectivity index (χ2n) is 8.35. The third-order valence-electron chi connectivity index (χ3n) is 5.51. The van der Waals surface area contributed by atoms with Gasteiger partial charge in [-0.3, -0.25) is 14.3 Å². The van der Waals surface area contributed by atoms with Crippen molar-refractivity contribution in [2.24, 2.45) is 0 Å².